The van der Waals surface area contributed by atoms with Gasteiger partial charge < -0.3 is 10.2 Å². The van der Waals surface area contributed by atoms with Crippen LogP contribution < -0.4 is 5.11 Å². The molecular weight excluding hydrogens is 520 g/mol. The minimum absolute atomic E-state index is 0.0627. The van der Waals surface area contributed by atoms with E-state index >= 15 is 0 Å². The number of ketones is 2. The fraction of sp³-hybridized carbons (Fsp3) is 0.158. The zero-order valence-corrected chi connectivity index (χ0v) is 23.5. The number of hydrogen-bond donors (Lipinski definition) is 1. The molecule has 1 N–H and O–H groups in total. The van der Waals surface area contributed by atoms with Crippen LogP contribution in [0.2, 0.25) is 0 Å². The summed E-state index contributed by atoms with van der Waals surface area (Å²) in [5.41, 5.74) is 4.60. The van der Waals surface area contributed by atoms with Gasteiger partial charge in [0, 0.05) is 22.3 Å². The first kappa shape index (κ1) is 26.1. The molecule has 0 heterocycles. The van der Waals surface area contributed by atoms with Gasteiger partial charge in [0.15, 0.2) is 11.6 Å². The van der Waals surface area contributed by atoms with E-state index in [1.54, 1.807) is 12.2 Å². The Morgan fingerprint density at radius 3 is 2.02 bits per heavy atom. The van der Waals surface area contributed by atoms with E-state index in [4.69, 9.17) is 0 Å². The molecule has 0 radical (unpaired) electrons. The maximum Gasteiger partial charge on any atom is 0.193 e. The van der Waals surface area contributed by atoms with Crippen LogP contribution in [0.3, 0.4) is 0 Å². The summed E-state index contributed by atoms with van der Waals surface area (Å²) in [6, 6.07) is 22.9. The highest BCUT2D eigenvalue weighted by Crippen LogP contribution is 2.41. The second-order valence-electron chi connectivity index (χ2n) is 12.3. The fourth-order valence-corrected chi connectivity index (χ4v) is 6.56. The highest BCUT2D eigenvalue weighted by molar-refractivity contribution is 6.22. The third-order valence-corrected chi connectivity index (χ3v) is 8.56. The minimum atomic E-state index is -0.969. The van der Waals surface area contributed by atoms with Crippen molar-refractivity contribution in [3.63, 3.8) is 0 Å². The van der Waals surface area contributed by atoms with Crippen LogP contribution in [0.4, 0.5) is 0 Å². The average Bonchev–Trinajstić information content (AvgIpc) is 3.34. The van der Waals surface area contributed by atoms with Crippen molar-refractivity contribution < 1.29 is 19.8 Å². The number of aliphatic hydroxyl groups is 1. The predicted molar refractivity (Wildman–Crippen MR) is 165 cm³/mol. The van der Waals surface area contributed by atoms with Crippen molar-refractivity contribution in [2.75, 3.05) is 0 Å². The molecule has 1 unspecified atom stereocenters. The van der Waals surface area contributed by atoms with E-state index in [1.807, 2.05) is 84.9 Å². The van der Waals surface area contributed by atoms with E-state index in [2.05, 4.69) is 19.9 Å². The van der Waals surface area contributed by atoms with Crippen molar-refractivity contribution >= 4 is 38.9 Å². The summed E-state index contributed by atoms with van der Waals surface area (Å²) in [4.78, 5) is 26.4. The van der Waals surface area contributed by atoms with Crippen LogP contribution in [0.5, 0.6) is 0 Å². The van der Waals surface area contributed by atoms with Gasteiger partial charge >= 0.3 is 0 Å². The molecule has 1 atom stereocenters. The van der Waals surface area contributed by atoms with Crippen LogP contribution in [0, 0.1) is 5.41 Å². The van der Waals surface area contributed by atoms with Crippen LogP contribution in [0.15, 0.2) is 125 Å². The normalized spacial score (nSPS) is 21.7. The van der Waals surface area contributed by atoms with Crippen LogP contribution in [-0.2, 0) is 0 Å². The van der Waals surface area contributed by atoms with Gasteiger partial charge in [0.2, 0.25) is 0 Å². The number of carbonyl (C=O) groups is 2. The number of aliphatic hydroxyl groups excluding tert-OH is 1. The molecule has 42 heavy (non-hydrogen) atoms. The molecule has 4 aromatic carbocycles. The number of benzene rings is 4. The molecule has 0 amide bonds. The summed E-state index contributed by atoms with van der Waals surface area (Å²) in [6.45, 7) is 4.35. The molecule has 0 saturated heterocycles. The maximum atomic E-state index is 13.2. The standard InChI is InChI=1S/C38H30O4/c1-38(2)20-22(11-13-28-34(39)30-16-24-7-3-4-8-25(24)17-31(30)35(28)40)15-23(21-38)12-14-29-36(41)32-18-26-9-5-6-10-27(26)19-33(32)37(29)42/h3-19,34,39,41H,20-21H2,1-2H3/p-1/b14-12+,22-11-,28-13-. The van der Waals surface area contributed by atoms with E-state index < -0.39 is 6.10 Å². The number of fused-ring (bicyclic) bond motifs is 4. The Labute approximate surface area is 244 Å². The monoisotopic (exact) mass is 549 g/mol. The van der Waals surface area contributed by atoms with Crippen molar-refractivity contribution in [1.82, 2.24) is 0 Å². The van der Waals surface area contributed by atoms with Crippen molar-refractivity contribution in [2.24, 2.45) is 5.41 Å². The lowest BCUT2D eigenvalue weighted by Crippen LogP contribution is -2.16. The van der Waals surface area contributed by atoms with Gasteiger partial charge in [-0.15, -0.1) is 0 Å². The van der Waals surface area contributed by atoms with Gasteiger partial charge in [0.25, 0.3) is 0 Å². The van der Waals surface area contributed by atoms with Gasteiger partial charge in [-0.1, -0.05) is 98.5 Å². The van der Waals surface area contributed by atoms with Crippen molar-refractivity contribution in [2.45, 2.75) is 32.8 Å². The summed E-state index contributed by atoms with van der Waals surface area (Å²) in [7, 11) is 0. The van der Waals surface area contributed by atoms with Crippen LogP contribution in [0.1, 0.15) is 64.6 Å². The van der Waals surface area contributed by atoms with Crippen molar-refractivity contribution in [1.29, 1.82) is 0 Å². The molecule has 4 nitrogen and oxygen atoms in total. The van der Waals surface area contributed by atoms with E-state index in [-0.39, 0.29) is 28.3 Å². The molecule has 0 bridgehead atoms. The second-order valence-corrected chi connectivity index (χ2v) is 12.3. The second kappa shape index (κ2) is 9.64. The third-order valence-electron chi connectivity index (χ3n) is 8.56. The lowest BCUT2D eigenvalue weighted by atomic mass is 9.75. The number of Topliss-reactive ketones (excluding diaryl/α,β-unsaturated/α-hetero) is 2. The number of rotatable bonds is 3. The van der Waals surface area contributed by atoms with E-state index in [9.17, 15) is 19.8 Å². The molecule has 0 saturated carbocycles. The lowest BCUT2D eigenvalue weighted by Gasteiger charge is -2.30. The quantitative estimate of drug-likeness (QED) is 0.271. The molecule has 0 aliphatic heterocycles. The topological polar surface area (TPSA) is 77.4 Å². The summed E-state index contributed by atoms with van der Waals surface area (Å²) in [6.07, 6.45) is 9.84. The lowest BCUT2D eigenvalue weighted by molar-refractivity contribution is -0.244. The number of hydrogen-bond acceptors (Lipinski definition) is 4. The highest BCUT2D eigenvalue weighted by atomic mass is 16.3. The van der Waals surface area contributed by atoms with Gasteiger partial charge in [0.05, 0.1) is 0 Å². The Bertz CT molecular complexity index is 2010. The van der Waals surface area contributed by atoms with Gasteiger partial charge in [-0.3, -0.25) is 9.59 Å². The molecule has 0 fully saturated rings. The first-order valence-electron chi connectivity index (χ1n) is 14.2. The van der Waals surface area contributed by atoms with Crippen molar-refractivity contribution in [3.8, 4) is 0 Å². The maximum absolute atomic E-state index is 13.2. The SMILES string of the molecule is CC1(C)CC(/C=C/C2=C([O-])c3cc4ccccc4cc3C2=O)=CC(=C/C=C2\C(=O)c3cc4ccccc4cc3C2O)/C1. The first-order chi connectivity index (χ1) is 20.2. The third kappa shape index (κ3) is 4.36. The van der Waals surface area contributed by atoms with Crippen LogP contribution >= 0.6 is 0 Å². The van der Waals surface area contributed by atoms with Gasteiger partial charge in [-0.2, -0.15) is 0 Å². The molecule has 3 aliphatic rings. The Morgan fingerprint density at radius 2 is 1.36 bits per heavy atom. The Morgan fingerprint density at radius 1 is 0.762 bits per heavy atom. The van der Waals surface area contributed by atoms with E-state index in [0.717, 1.165) is 45.5 Å². The predicted octanol–water partition coefficient (Wildman–Crippen LogP) is 7.35. The zero-order valence-electron chi connectivity index (χ0n) is 23.5. The fourth-order valence-electron chi connectivity index (χ4n) is 6.56. The molecule has 3 aliphatic carbocycles. The highest BCUT2D eigenvalue weighted by Gasteiger charge is 2.33. The number of allylic oxidation sites excluding steroid dienone is 8. The average molecular weight is 550 g/mol. The summed E-state index contributed by atoms with van der Waals surface area (Å²) < 4.78 is 0. The van der Waals surface area contributed by atoms with Crippen LogP contribution in [0.25, 0.3) is 27.3 Å². The van der Waals surface area contributed by atoms with Crippen molar-refractivity contribution in [3.05, 3.63) is 148 Å². The molecule has 0 spiro atoms. The smallest absolute Gasteiger partial charge is 0.193 e. The van der Waals surface area contributed by atoms with Gasteiger partial charge in [-0.25, -0.2) is 0 Å². The Balaban J connectivity index is 1.19. The molecule has 4 heteroatoms. The molecule has 0 aromatic heterocycles. The first-order valence-corrected chi connectivity index (χ1v) is 14.2. The Kier molecular flexibility index (Phi) is 6.00. The van der Waals surface area contributed by atoms with Crippen LogP contribution in [-0.4, -0.2) is 16.7 Å². The summed E-state index contributed by atoms with van der Waals surface area (Å²) in [5, 5.41) is 28.1. The molecule has 7 rings (SSSR count). The summed E-state index contributed by atoms with van der Waals surface area (Å²) >= 11 is 0. The number of carbonyl (C=O) groups excluding carboxylic acids is 2. The van der Waals surface area contributed by atoms with E-state index in [1.165, 1.54) is 0 Å². The molecule has 206 valence electrons. The van der Waals surface area contributed by atoms with Gasteiger partial charge in [-0.05, 0) is 86.3 Å². The van der Waals surface area contributed by atoms with Gasteiger partial charge in [0.1, 0.15) is 6.10 Å². The van der Waals surface area contributed by atoms with E-state index in [0.29, 0.717) is 27.8 Å². The molecule has 4 aromatic rings. The Hall–Kier alpha value is -4.80. The minimum Gasteiger partial charge on any atom is -0.872 e. The zero-order chi connectivity index (χ0) is 29.2. The largest absolute Gasteiger partial charge is 0.872 e. The molecular formula is C38H29O4-. The summed E-state index contributed by atoms with van der Waals surface area (Å²) in [5.74, 6) is -0.635.